The zero-order valence-electron chi connectivity index (χ0n) is 13.2. The molecule has 0 unspecified atom stereocenters. The van der Waals surface area contributed by atoms with Crippen LogP contribution in [0, 0.1) is 3.57 Å². The number of urea groups is 1. The van der Waals surface area contributed by atoms with Crippen LogP contribution in [0.15, 0.2) is 29.2 Å². The summed E-state index contributed by atoms with van der Waals surface area (Å²) < 4.78 is 60.7. The molecule has 2 amide bonds. The first kappa shape index (κ1) is 21.3. The molecular formula is C13H10ClF2IN4O5S. The van der Waals surface area contributed by atoms with Crippen molar-refractivity contribution in [3.05, 3.63) is 33.0 Å². The van der Waals surface area contributed by atoms with Gasteiger partial charge in [0, 0.05) is 9.64 Å². The van der Waals surface area contributed by atoms with Gasteiger partial charge in [-0.05, 0) is 34.7 Å². The Balaban J connectivity index is 2.26. The predicted octanol–water partition coefficient (Wildman–Crippen LogP) is 2.86. The van der Waals surface area contributed by atoms with Crippen LogP contribution in [0.1, 0.15) is 0 Å². The molecule has 0 aliphatic rings. The third-order valence-corrected chi connectivity index (χ3v) is 5.62. The molecule has 2 rings (SSSR count). The lowest BCUT2D eigenvalue weighted by molar-refractivity contribution is -0.0518. The van der Waals surface area contributed by atoms with Crippen LogP contribution in [-0.4, -0.2) is 38.1 Å². The monoisotopic (exact) mass is 534 g/mol. The number of carbonyl (C=O) groups excluding carboxylic acids is 1. The van der Waals surface area contributed by atoms with Gasteiger partial charge in [0.2, 0.25) is 11.8 Å². The molecule has 1 aromatic heterocycles. The number of hydrogen-bond acceptors (Lipinski definition) is 7. The molecule has 0 saturated carbocycles. The number of amides is 2. The highest BCUT2D eigenvalue weighted by atomic mass is 127. The topological polar surface area (TPSA) is 120 Å². The van der Waals surface area contributed by atoms with E-state index in [-0.39, 0.29) is 20.6 Å². The zero-order chi connectivity index (χ0) is 20.2. The second kappa shape index (κ2) is 8.79. The van der Waals surface area contributed by atoms with Crippen LogP contribution in [0.25, 0.3) is 0 Å². The smallest absolute Gasteiger partial charge is 0.387 e. The second-order valence-corrected chi connectivity index (χ2v) is 7.73. The van der Waals surface area contributed by atoms with Crippen LogP contribution in [0.4, 0.5) is 19.5 Å². The average Bonchev–Trinajstić information content (AvgIpc) is 2.52. The lowest BCUT2D eigenvalue weighted by Crippen LogP contribution is -2.35. The zero-order valence-corrected chi connectivity index (χ0v) is 17.0. The molecule has 1 aromatic carbocycles. The maximum atomic E-state index is 12.5. The molecule has 0 aliphatic heterocycles. The van der Waals surface area contributed by atoms with Crippen LogP contribution in [-0.2, 0) is 10.0 Å². The number of nitrogens with zero attached hydrogens (tertiary/aromatic N) is 2. The first-order valence-electron chi connectivity index (χ1n) is 6.78. The summed E-state index contributed by atoms with van der Waals surface area (Å²) in [5.74, 6) is -0.921. The van der Waals surface area contributed by atoms with E-state index in [1.165, 1.54) is 25.3 Å². The molecule has 2 aromatic rings. The standard InChI is InChI=1S/C13H10ClF2IN4O5S/c1-25-9-5-8(14)18-12(19-9)20-13(22)21-27(23,24)10-6(17)3-2-4-7(10)26-11(15)16/h2-5,11H,1H3,(H2,18,19,20,21,22). The van der Waals surface area contributed by atoms with E-state index in [1.54, 1.807) is 27.3 Å². The number of aromatic nitrogens is 2. The van der Waals surface area contributed by atoms with Gasteiger partial charge in [-0.25, -0.2) is 22.9 Å². The van der Waals surface area contributed by atoms with Crippen LogP contribution in [0.5, 0.6) is 11.6 Å². The molecule has 146 valence electrons. The van der Waals surface area contributed by atoms with Crippen molar-refractivity contribution in [3.63, 3.8) is 0 Å². The van der Waals surface area contributed by atoms with Gasteiger partial charge in [-0.15, -0.1) is 0 Å². The first-order chi connectivity index (χ1) is 12.6. The highest BCUT2D eigenvalue weighted by Gasteiger charge is 2.27. The van der Waals surface area contributed by atoms with Crippen molar-refractivity contribution >= 4 is 56.2 Å². The van der Waals surface area contributed by atoms with Gasteiger partial charge in [-0.1, -0.05) is 17.7 Å². The Bertz CT molecular complexity index is 964. The highest BCUT2D eigenvalue weighted by molar-refractivity contribution is 14.1. The lowest BCUT2D eigenvalue weighted by atomic mass is 10.3. The summed E-state index contributed by atoms with van der Waals surface area (Å²) in [7, 11) is -3.26. The molecular weight excluding hydrogens is 525 g/mol. The molecule has 0 radical (unpaired) electrons. The molecule has 0 fully saturated rings. The molecule has 0 atom stereocenters. The van der Waals surface area contributed by atoms with E-state index in [4.69, 9.17) is 16.3 Å². The van der Waals surface area contributed by atoms with Gasteiger partial charge >= 0.3 is 12.6 Å². The quantitative estimate of drug-likeness (QED) is 0.432. The maximum absolute atomic E-state index is 12.5. The summed E-state index contributed by atoms with van der Waals surface area (Å²) in [6, 6.07) is 3.72. The van der Waals surface area contributed by atoms with E-state index in [9.17, 15) is 22.0 Å². The number of anilines is 1. The van der Waals surface area contributed by atoms with E-state index >= 15 is 0 Å². The maximum Gasteiger partial charge on any atom is 0.387 e. The Morgan fingerprint density at radius 3 is 2.67 bits per heavy atom. The third kappa shape index (κ3) is 5.74. The highest BCUT2D eigenvalue weighted by Crippen LogP contribution is 2.30. The minimum Gasteiger partial charge on any atom is -0.481 e. The molecule has 14 heteroatoms. The van der Waals surface area contributed by atoms with Crippen molar-refractivity contribution in [2.24, 2.45) is 0 Å². The van der Waals surface area contributed by atoms with E-state index in [0.717, 1.165) is 6.07 Å². The average molecular weight is 535 g/mol. The molecule has 9 nitrogen and oxygen atoms in total. The molecule has 2 N–H and O–H groups in total. The number of nitrogens with one attached hydrogen (secondary N) is 2. The molecule has 0 saturated heterocycles. The number of ether oxygens (including phenoxy) is 2. The summed E-state index contributed by atoms with van der Waals surface area (Å²) >= 11 is 7.33. The molecule has 0 spiro atoms. The summed E-state index contributed by atoms with van der Waals surface area (Å²) in [5.41, 5.74) is 0. The van der Waals surface area contributed by atoms with E-state index in [0.29, 0.717) is 0 Å². The summed E-state index contributed by atoms with van der Waals surface area (Å²) in [4.78, 5) is 18.8. The van der Waals surface area contributed by atoms with Crippen molar-refractivity contribution in [3.8, 4) is 11.6 Å². The minimum atomic E-state index is -4.56. The fourth-order valence-electron chi connectivity index (χ4n) is 1.80. The van der Waals surface area contributed by atoms with Gasteiger partial charge in [0.1, 0.15) is 15.8 Å². The van der Waals surface area contributed by atoms with Gasteiger partial charge < -0.3 is 9.47 Å². The molecule has 0 aliphatic carbocycles. The molecule has 27 heavy (non-hydrogen) atoms. The molecule has 1 heterocycles. The summed E-state index contributed by atoms with van der Waals surface area (Å²) in [6.45, 7) is -3.25. The van der Waals surface area contributed by atoms with Gasteiger partial charge in [-0.3, -0.25) is 5.32 Å². The van der Waals surface area contributed by atoms with Gasteiger partial charge in [0.05, 0.1) is 7.11 Å². The van der Waals surface area contributed by atoms with Crippen LogP contribution in [0.3, 0.4) is 0 Å². The Morgan fingerprint density at radius 2 is 2.04 bits per heavy atom. The Kier molecular flexibility index (Phi) is 6.94. The predicted molar refractivity (Wildman–Crippen MR) is 98.7 cm³/mol. The van der Waals surface area contributed by atoms with Gasteiger partial charge in [-0.2, -0.15) is 13.8 Å². The fourth-order valence-corrected chi connectivity index (χ4v) is 4.42. The van der Waals surface area contributed by atoms with E-state index < -0.39 is 33.3 Å². The SMILES string of the molecule is COc1cc(Cl)nc(NC(=O)NS(=O)(=O)c2c(I)cccc2OC(F)F)n1. The van der Waals surface area contributed by atoms with Gasteiger partial charge in [0.25, 0.3) is 10.0 Å². The Morgan fingerprint density at radius 1 is 1.33 bits per heavy atom. The number of rotatable bonds is 6. The number of halogens is 4. The Hall–Kier alpha value is -2.00. The van der Waals surface area contributed by atoms with Crippen molar-refractivity contribution < 1.29 is 31.5 Å². The normalized spacial score (nSPS) is 11.2. The van der Waals surface area contributed by atoms with Crippen molar-refractivity contribution in [1.29, 1.82) is 0 Å². The fraction of sp³-hybridized carbons (Fsp3) is 0.154. The minimum absolute atomic E-state index is 0.0263. The van der Waals surface area contributed by atoms with Gasteiger partial charge in [0.15, 0.2) is 0 Å². The number of sulfonamides is 1. The number of carbonyl (C=O) groups is 1. The van der Waals surface area contributed by atoms with Crippen molar-refractivity contribution in [2.75, 3.05) is 12.4 Å². The Labute approximate surface area is 170 Å². The number of benzene rings is 1. The van der Waals surface area contributed by atoms with Crippen LogP contribution < -0.4 is 19.5 Å². The second-order valence-electron chi connectivity index (χ2n) is 4.56. The van der Waals surface area contributed by atoms with Crippen LogP contribution >= 0.6 is 34.2 Å². The summed E-state index contributed by atoms with van der Waals surface area (Å²) in [5, 5.41) is 1.99. The number of hydrogen-bond donors (Lipinski definition) is 2. The molecule has 0 bridgehead atoms. The number of alkyl halides is 2. The summed E-state index contributed by atoms with van der Waals surface area (Å²) in [6.07, 6.45) is 0. The van der Waals surface area contributed by atoms with E-state index in [1.807, 2.05) is 0 Å². The largest absolute Gasteiger partial charge is 0.481 e. The van der Waals surface area contributed by atoms with Crippen LogP contribution in [0.2, 0.25) is 5.15 Å². The first-order valence-corrected chi connectivity index (χ1v) is 9.72. The lowest BCUT2D eigenvalue weighted by Gasteiger charge is -2.14. The third-order valence-electron chi connectivity index (χ3n) is 2.75. The van der Waals surface area contributed by atoms with Crippen molar-refractivity contribution in [1.82, 2.24) is 14.7 Å². The number of methoxy groups -OCH3 is 1. The van der Waals surface area contributed by atoms with Crippen molar-refractivity contribution in [2.45, 2.75) is 11.5 Å². The van der Waals surface area contributed by atoms with E-state index in [2.05, 4.69) is 20.0 Å².